The number of non-ortho nitro benzene ring substituents is 1. The summed E-state index contributed by atoms with van der Waals surface area (Å²) in [6, 6.07) is 5.80. The molecule has 0 aliphatic carbocycles. The predicted octanol–water partition coefficient (Wildman–Crippen LogP) is 4.03. The van der Waals surface area contributed by atoms with Gasteiger partial charge in [-0.1, -0.05) is 32.8 Å². The number of unbranched alkanes of at least 4 members (excludes halogenated alkanes) is 2. The lowest BCUT2D eigenvalue weighted by Crippen LogP contribution is -2.36. The van der Waals surface area contributed by atoms with Crippen molar-refractivity contribution in [1.82, 2.24) is 4.90 Å². The molecule has 1 rings (SSSR count). The average molecular weight is 293 g/mol. The van der Waals surface area contributed by atoms with Gasteiger partial charge in [0, 0.05) is 30.9 Å². The minimum absolute atomic E-state index is 0.0264. The summed E-state index contributed by atoms with van der Waals surface area (Å²) in [5, 5.41) is 13.5. The number of benzene rings is 1. The highest BCUT2D eigenvalue weighted by atomic mass is 16.6. The molecular formula is C15H23N3O3. The van der Waals surface area contributed by atoms with E-state index in [2.05, 4.69) is 19.2 Å². The Bertz CT molecular complexity index is 469. The summed E-state index contributed by atoms with van der Waals surface area (Å²) in [6.07, 6.45) is 3.94. The molecule has 1 aromatic rings. The van der Waals surface area contributed by atoms with Crippen LogP contribution in [0.4, 0.5) is 16.2 Å². The third-order valence-electron chi connectivity index (χ3n) is 3.16. The van der Waals surface area contributed by atoms with Gasteiger partial charge in [-0.2, -0.15) is 0 Å². The molecule has 0 unspecified atom stereocenters. The number of nitro groups is 1. The summed E-state index contributed by atoms with van der Waals surface area (Å²) in [5.41, 5.74) is 0.425. The van der Waals surface area contributed by atoms with Crippen molar-refractivity contribution in [2.24, 2.45) is 0 Å². The van der Waals surface area contributed by atoms with Gasteiger partial charge in [-0.15, -0.1) is 0 Å². The van der Waals surface area contributed by atoms with E-state index in [-0.39, 0.29) is 11.7 Å². The van der Waals surface area contributed by atoms with Crippen molar-refractivity contribution in [3.63, 3.8) is 0 Å². The molecule has 0 radical (unpaired) electrons. The van der Waals surface area contributed by atoms with Gasteiger partial charge in [0.15, 0.2) is 0 Å². The number of rotatable bonds is 8. The normalized spacial score (nSPS) is 10.2. The average Bonchev–Trinajstić information content (AvgIpc) is 2.47. The molecule has 0 heterocycles. The van der Waals surface area contributed by atoms with E-state index in [0.717, 1.165) is 25.7 Å². The van der Waals surface area contributed by atoms with E-state index in [4.69, 9.17) is 0 Å². The fraction of sp³-hybridized carbons (Fsp3) is 0.533. The number of nitrogens with zero attached hydrogens (tertiary/aromatic N) is 2. The maximum atomic E-state index is 12.3. The Hall–Kier alpha value is -2.11. The number of nitro benzene ring substituents is 1. The van der Waals surface area contributed by atoms with Crippen LogP contribution in [0.3, 0.4) is 0 Å². The first-order valence-electron chi connectivity index (χ1n) is 7.38. The van der Waals surface area contributed by atoms with Crippen molar-refractivity contribution < 1.29 is 9.72 Å². The first-order valence-corrected chi connectivity index (χ1v) is 7.38. The van der Waals surface area contributed by atoms with Crippen molar-refractivity contribution in [2.45, 2.75) is 39.5 Å². The highest BCUT2D eigenvalue weighted by molar-refractivity contribution is 5.89. The molecule has 0 aromatic heterocycles. The van der Waals surface area contributed by atoms with E-state index in [9.17, 15) is 14.9 Å². The van der Waals surface area contributed by atoms with E-state index in [1.165, 1.54) is 12.1 Å². The summed E-state index contributed by atoms with van der Waals surface area (Å²) in [6.45, 7) is 5.57. The highest BCUT2D eigenvalue weighted by Gasteiger charge is 2.14. The number of hydrogen-bond donors (Lipinski definition) is 1. The summed E-state index contributed by atoms with van der Waals surface area (Å²) in [5.74, 6) is 0. The number of urea groups is 1. The molecule has 0 aliphatic heterocycles. The van der Waals surface area contributed by atoms with Crippen LogP contribution in [0.15, 0.2) is 24.3 Å². The lowest BCUT2D eigenvalue weighted by Gasteiger charge is -2.22. The first kappa shape index (κ1) is 16.9. The molecule has 0 fully saturated rings. The van der Waals surface area contributed by atoms with Gasteiger partial charge in [0.1, 0.15) is 0 Å². The molecule has 116 valence electrons. The van der Waals surface area contributed by atoms with Crippen LogP contribution in [0.1, 0.15) is 39.5 Å². The van der Waals surface area contributed by atoms with Gasteiger partial charge < -0.3 is 10.2 Å². The summed E-state index contributed by atoms with van der Waals surface area (Å²) >= 11 is 0. The Balaban J connectivity index is 2.70. The second kappa shape index (κ2) is 8.94. The zero-order valence-corrected chi connectivity index (χ0v) is 12.7. The number of carbonyl (C=O) groups excluding carboxylic acids is 1. The van der Waals surface area contributed by atoms with E-state index >= 15 is 0 Å². The maximum Gasteiger partial charge on any atom is 0.321 e. The van der Waals surface area contributed by atoms with E-state index < -0.39 is 4.92 Å². The lowest BCUT2D eigenvalue weighted by atomic mass is 10.2. The number of anilines is 1. The van der Waals surface area contributed by atoms with Crippen LogP contribution < -0.4 is 5.32 Å². The number of hydrogen-bond acceptors (Lipinski definition) is 3. The van der Waals surface area contributed by atoms with Crippen LogP contribution in [0, 0.1) is 10.1 Å². The van der Waals surface area contributed by atoms with Crippen molar-refractivity contribution >= 4 is 17.4 Å². The minimum atomic E-state index is -0.471. The van der Waals surface area contributed by atoms with Crippen LogP contribution in [0.25, 0.3) is 0 Å². The molecule has 2 amide bonds. The highest BCUT2D eigenvalue weighted by Crippen LogP contribution is 2.17. The lowest BCUT2D eigenvalue weighted by molar-refractivity contribution is -0.384. The molecule has 21 heavy (non-hydrogen) atoms. The first-order chi connectivity index (χ1) is 10.1. The summed E-state index contributed by atoms with van der Waals surface area (Å²) in [7, 11) is 0. The Morgan fingerprint density at radius 2 is 1.86 bits per heavy atom. The van der Waals surface area contributed by atoms with Crippen molar-refractivity contribution in [2.75, 3.05) is 18.4 Å². The van der Waals surface area contributed by atoms with Gasteiger partial charge in [0.2, 0.25) is 0 Å². The largest absolute Gasteiger partial charge is 0.325 e. The maximum absolute atomic E-state index is 12.3. The number of nitrogens with one attached hydrogen (secondary N) is 1. The summed E-state index contributed by atoms with van der Waals surface area (Å²) < 4.78 is 0. The van der Waals surface area contributed by atoms with Crippen LogP contribution in [-0.2, 0) is 0 Å². The summed E-state index contributed by atoms with van der Waals surface area (Å²) in [4.78, 5) is 24.3. The Labute approximate surface area is 125 Å². The third kappa shape index (κ3) is 5.81. The van der Waals surface area contributed by atoms with Gasteiger partial charge in [0.25, 0.3) is 5.69 Å². The fourth-order valence-corrected chi connectivity index (χ4v) is 1.91. The molecular weight excluding hydrogens is 270 g/mol. The Morgan fingerprint density at radius 1 is 1.24 bits per heavy atom. The predicted molar refractivity (Wildman–Crippen MR) is 83.5 cm³/mol. The zero-order chi connectivity index (χ0) is 15.7. The van der Waals surface area contributed by atoms with E-state index in [1.807, 2.05) is 0 Å². The second-order valence-electron chi connectivity index (χ2n) is 4.93. The molecule has 0 aliphatic rings. The molecule has 0 saturated carbocycles. The molecule has 1 aromatic carbocycles. The van der Waals surface area contributed by atoms with Gasteiger partial charge >= 0.3 is 6.03 Å². The van der Waals surface area contributed by atoms with E-state index in [0.29, 0.717) is 18.8 Å². The topological polar surface area (TPSA) is 75.5 Å². The van der Waals surface area contributed by atoms with Crippen LogP contribution in [-0.4, -0.2) is 28.9 Å². The van der Waals surface area contributed by atoms with Gasteiger partial charge in [-0.3, -0.25) is 10.1 Å². The van der Waals surface area contributed by atoms with Crippen molar-refractivity contribution in [3.05, 3.63) is 34.4 Å². The zero-order valence-electron chi connectivity index (χ0n) is 12.7. The van der Waals surface area contributed by atoms with Crippen LogP contribution >= 0.6 is 0 Å². The fourth-order valence-electron chi connectivity index (χ4n) is 1.91. The molecule has 1 N–H and O–H groups in total. The van der Waals surface area contributed by atoms with Crippen LogP contribution in [0.5, 0.6) is 0 Å². The molecule has 0 atom stereocenters. The van der Waals surface area contributed by atoms with Crippen molar-refractivity contribution in [3.8, 4) is 0 Å². The van der Waals surface area contributed by atoms with Crippen molar-refractivity contribution in [1.29, 1.82) is 0 Å². The molecule has 0 bridgehead atoms. The quantitative estimate of drug-likeness (QED) is 0.580. The van der Waals surface area contributed by atoms with Gasteiger partial charge in [-0.05, 0) is 18.9 Å². The van der Waals surface area contributed by atoms with Gasteiger partial charge in [-0.25, -0.2) is 4.79 Å². The molecule has 6 nitrogen and oxygen atoms in total. The second-order valence-corrected chi connectivity index (χ2v) is 4.93. The van der Waals surface area contributed by atoms with E-state index in [1.54, 1.807) is 17.0 Å². The van der Waals surface area contributed by atoms with Crippen LogP contribution in [0.2, 0.25) is 0 Å². The Morgan fingerprint density at radius 3 is 2.38 bits per heavy atom. The standard InChI is InChI=1S/C15H23N3O3/c1-3-5-10-17(11-6-4-2)15(19)16-13-8-7-9-14(12-13)18(20)21/h7-9,12H,3-6,10-11H2,1-2H3,(H,16,19). The van der Waals surface area contributed by atoms with Gasteiger partial charge in [0.05, 0.1) is 4.92 Å². The monoisotopic (exact) mass is 293 g/mol. The molecule has 0 spiro atoms. The molecule has 0 saturated heterocycles. The molecule has 6 heteroatoms. The smallest absolute Gasteiger partial charge is 0.321 e. The Kier molecular flexibility index (Phi) is 7.21. The SMILES string of the molecule is CCCCN(CCCC)C(=O)Nc1cccc([N+](=O)[O-])c1. The minimum Gasteiger partial charge on any atom is -0.325 e. The third-order valence-corrected chi connectivity index (χ3v) is 3.16. The number of amides is 2. The number of carbonyl (C=O) groups is 1.